The van der Waals surface area contributed by atoms with E-state index in [-0.39, 0.29) is 5.54 Å². The largest absolute Gasteiger partial charge is 0.375 e. The molecule has 0 aromatic rings. The Bertz CT molecular complexity index is 323. The first-order chi connectivity index (χ1) is 9.66. The van der Waals surface area contributed by atoms with Crippen molar-refractivity contribution in [3.05, 3.63) is 0 Å². The molecule has 2 atom stereocenters. The van der Waals surface area contributed by atoms with Crippen molar-refractivity contribution < 1.29 is 4.74 Å². The first-order valence-electron chi connectivity index (χ1n) is 8.75. The summed E-state index contributed by atoms with van der Waals surface area (Å²) in [6.45, 7) is 7.60. The SMILES string of the molecule is CC(C)C1CCC(CN)(N2CCOC3CCCC32)CC1. The van der Waals surface area contributed by atoms with E-state index < -0.39 is 0 Å². The highest BCUT2D eigenvalue weighted by Crippen LogP contribution is 2.43. The minimum absolute atomic E-state index is 0.280. The molecule has 3 rings (SSSR count). The monoisotopic (exact) mass is 280 g/mol. The number of fused-ring (bicyclic) bond motifs is 1. The van der Waals surface area contributed by atoms with Crippen molar-refractivity contribution in [2.24, 2.45) is 17.6 Å². The van der Waals surface area contributed by atoms with Gasteiger partial charge in [0.05, 0.1) is 12.7 Å². The molecule has 1 heterocycles. The molecule has 2 saturated carbocycles. The van der Waals surface area contributed by atoms with Gasteiger partial charge in [0.2, 0.25) is 0 Å². The maximum Gasteiger partial charge on any atom is 0.0731 e. The van der Waals surface area contributed by atoms with Crippen LogP contribution in [0.5, 0.6) is 0 Å². The summed E-state index contributed by atoms with van der Waals surface area (Å²) in [6.07, 6.45) is 9.74. The number of nitrogens with zero attached hydrogens (tertiary/aromatic N) is 1. The Balaban J connectivity index is 1.72. The first-order valence-corrected chi connectivity index (χ1v) is 8.75. The van der Waals surface area contributed by atoms with Crippen LogP contribution in [-0.2, 0) is 4.74 Å². The van der Waals surface area contributed by atoms with E-state index in [1.807, 2.05) is 0 Å². The van der Waals surface area contributed by atoms with Gasteiger partial charge < -0.3 is 10.5 Å². The molecule has 2 N–H and O–H groups in total. The molecule has 20 heavy (non-hydrogen) atoms. The van der Waals surface area contributed by atoms with Crippen LogP contribution >= 0.6 is 0 Å². The van der Waals surface area contributed by atoms with E-state index in [9.17, 15) is 0 Å². The van der Waals surface area contributed by atoms with Gasteiger partial charge in [0.15, 0.2) is 0 Å². The summed E-state index contributed by atoms with van der Waals surface area (Å²) in [5, 5.41) is 0. The predicted octanol–water partition coefficient (Wildman–Crippen LogP) is 2.78. The maximum absolute atomic E-state index is 6.29. The van der Waals surface area contributed by atoms with Gasteiger partial charge in [0.1, 0.15) is 0 Å². The Morgan fingerprint density at radius 3 is 2.60 bits per heavy atom. The molecule has 116 valence electrons. The third-order valence-electron chi connectivity index (χ3n) is 6.38. The summed E-state index contributed by atoms with van der Waals surface area (Å²) in [5.74, 6) is 1.74. The van der Waals surface area contributed by atoms with E-state index in [1.54, 1.807) is 0 Å². The van der Waals surface area contributed by atoms with Gasteiger partial charge in [-0.25, -0.2) is 0 Å². The number of rotatable bonds is 3. The Kier molecular flexibility index (Phi) is 4.40. The van der Waals surface area contributed by atoms with Gasteiger partial charge in [-0.3, -0.25) is 4.90 Å². The minimum atomic E-state index is 0.280. The van der Waals surface area contributed by atoms with Gasteiger partial charge in [-0.2, -0.15) is 0 Å². The van der Waals surface area contributed by atoms with E-state index in [2.05, 4.69) is 18.7 Å². The van der Waals surface area contributed by atoms with Crippen LogP contribution in [0.2, 0.25) is 0 Å². The highest BCUT2D eigenvalue weighted by molar-refractivity contribution is 5.02. The van der Waals surface area contributed by atoms with Crippen LogP contribution in [0.4, 0.5) is 0 Å². The van der Waals surface area contributed by atoms with Crippen molar-refractivity contribution >= 4 is 0 Å². The molecule has 1 aliphatic heterocycles. The molecule has 3 aliphatic rings. The zero-order valence-corrected chi connectivity index (χ0v) is 13.3. The minimum Gasteiger partial charge on any atom is -0.375 e. The van der Waals surface area contributed by atoms with Gasteiger partial charge in [-0.05, 0) is 56.8 Å². The Hall–Kier alpha value is -0.120. The lowest BCUT2D eigenvalue weighted by molar-refractivity contribution is -0.110. The third-order valence-corrected chi connectivity index (χ3v) is 6.38. The molecule has 1 saturated heterocycles. The van der Waals surface area contributed by atoms with Crippen molar-refractivity contribution in [3.63, 3.8) is 0 Å². The van der Waals surface area contributed by atoms with Crippen LogP contribution in [0.1, 0.15) is 58.8 Å². The van der Waals surface area contributed by atoms with Crippen LogP contribution in [0.15, 0.2) is 0 Å². The van der Waals surface area contributed by atoms with Crippen LogP contribution in [0.3, 0.4) is 0 Å². The lowest BCUT2D eigenvalue weighted by Gasteiger charge is -2.53. The van der Waals surface area contributed by atoms with Gasteiger partial charge in [0, 0.05) is 24.7 Å². The molecule has 0 radical (unpaired) electrons. The van der Waals surface area contributed by atoms with E-state index in [0.717, 1.165) is 31.5 Å². The molecular weight excluding hydrogens is 248 g/mol. The lowest BCUT2D eigenvalue weighted by atomic mass is 9.71. The summed E-state index contributed by atoms with van der Waals surface area (Å²) < 4.78 is 5.99. The first kappa shape index (κ1) is 14.8. The van der Waals surface area contributed by atoms with E-state index >= 15 is 0 Å². The van der Waals surface area contributed by atoms with Crippen LogP contribution in [-0.4, -0.2) is 42.3 Å². The quantitative estimate of drug-likeness (QED) is 0.864. The second-order valence-corrected chi connectivity index (χ2v) is 7.61. The summed E-state index contributed by atoms with van der Waals surface area (Å²) in [5.41, 5.74) is 6.57. The van der Waals surface area contributed by atoms with Crippen molar-refractivity contribution in [2.75, 3.05) is 19.7 Å². The van der Waals surface area contributed by atoms with Crippen molar-refractivity contribution in [2.45, 2.75) is 76.5 Å². The molecule has 0 bridgehead atoms. The fourth-order valence-electron chi connectivity index (χ4n) is 4.97. The maximum atomic E-state index is 6.29. The van der Waals surface area contributed by atoms with E-state index in [0.29, 0.717) is 12.1 Å². The number of hydrogen-bond donors (Lipinski definition) is 1. The Morgan fingerprint density at radius 2 is 1.95 bits per heavy atom. The average molecular weight is 280 g/mol. The highest BCUT2D eigenvalue weighted by atomic mass is 16.5. The molecule has 2 aliphatic carbocycles. The standard InChI is InChI=1S/C17H32N2O/c1-13(2)14-6-8-17(12-18,9-7-14)19-10-11-20-16-5-3-4-15(16)19/h13-16H,3-12,18H2,1-2H3. The van der Waals surface area contributed by atoms with Gasteiger partial charge >= 0.3 is 0 Å². The summed E-state index contributed by atoms with van der Waals surface area (Å²) in [4.78, 5) is 2.78. The Labute approximate surface area is 124 Å². The van der Waals surface area contributed by atoms with Crippen molar-refractivity contribution in [1.29, 1.82) is 0 Å². The summed E-state index contributed by atoms with van der Waals surface area (Å²) in [6, 6.07) is 0.655. The molecule has 3 heteroatoms. The predicted molar refractivity (Wildman–Crippen MR) is 82.7 cm³/mol. The number of morpholine rings is 1. The number of hydrogen-bond acceptors (Lipinski definition) is 3. The Morgan fingerprint density at radius 1 is 1.20 bits per heavy atom. The fraction of sp³-hybridized carbons (Fsp3) is 1.00. The molecule has 3 nitrogen and oxygen atoms in total. The van der Waals surface area contributed by atoms with Crippen molar-refractivity contribution in [3.8, 4) is 0 Å². The summed E-state index contributed by atoms with van der Waals surface area (Å²) >= 11 is 0. The highest BCUT2D eigenvalue weighted by Gasteiger charge is 2.47. The smallest absolute Gasteiger partial charge is 0.0731 e. The number of nitrogens with two attached hydrogens (primary N) is 1. The topological polar surface area (TPSA) is 38.5 Å². The van der Waals surface area contributed by atoms with Gasteiger partial charge in [-0.15, -0.1) is 0 Å². The normalized spacial score (nSPS) is 42.9. The second-order valence-electron chi connectivity index (χ2n) is 7.61. The molecule has 0 amide bonds. The third kappa shape index (κ3) is 2.53. The summed E-state index contributed by atoms with van der Waals surface area (Å²) in [7, 11) is 0. The molecule has 0 aromatic carbocycles. The van der Waals surface area contributed by atoms with Gasteiger partial charge in [-0.1, -0.05) is 13.8 Å². The molecule has 2 unspecified atom stereocenters. The van der Waals surface area contributed by atoms with Crippen LogP contribution in [0.25, 0.3) is 0 Å². The lowest BCUT2D eigenvalue weighted by Crippen LogP contribution is -2.64. The van der Waals surface area contributed by atoms with Crippen LogP contribution in [0, 0.1) is 11.8 Å². The molecule has 0 aromatic heterocycles. The van der Waals surface area contributed by atoms with E-state index in [4.69, 9.17) is 10.5 Å². The van der Waals surface area contributed by atoms with Crippen LogP contribution < -0.4 is 5.73 Å². The van der Waals surface area contributed by atoms with E-state index in [1.165, 1.54) is 44.9 Å². The van der Waals surface area contributed by atoms with Crippen molar-refractivity contribution in [1.82, 2.24) is 4.90 Å². The fourth-order valence-corrected chi connectivity index (χ4v) is 4.97. The molecule has 0 spiro atoms. The second kappa shape index (κ2) is 5.94. The average Bonchev–Trinajstić information content (AvgIpc) is 2.95. The zero-order valence-electron chi connectivity index (χ0n) is 13.3. The molecule has 3 fully saturated rings. The van der Waals surface area contributed by atoms with Gasteiger partial charge in [0.25, 0.3) is 0 Å². The number of ether oxygens (including phenoxy) is 1. The molecular formula is C17H32N2O. The zero-order chi connectivity index (χ0) is 14.2.